The zero-order valence-corrected chi connectivity index (χ0v) is 15.8. The van der Waals surface area contributed by atoms with Crippen LogP contribution in [0, 0.1) is 12.8 Å². The van der Waals surface area contributed by atoms with Crippen molar-refractivity contribution >= 4 is 17.2 Å². The third kappa shape index (κ3) is 3.84. The predicted octanol–water partition coefficient (Wildman–Crippen LogP) is 3.52. The molecule has 1 heterocycles. The van der Waals surface area contributed by atoms with E-state index in [1.54, 1.807) is 0 Å². The van der Waals surface area contributed by atoms with Crippen molar-refractivity contribution in [2.45, 2.75) is 46.1 Å². The molecule has 0 spiro atoms. The summed E-state index contributed by atoms with van der Waals surface area (Å²) in [5.74, 6) is -0.102. The SMILES string of the molecule is Cc1nc(C(C)(C)c2ccccc2)sc1C(=O)NC(C)C(C)CO. The van der Waals surface area contributed by atoms with Crippen LogP contribution in [0.3, 0.4) is 0 Å². The summed E-state index contributed by atoms with van der Waals surface area (Å²) >= 11 is 1.45. The second-order valence-corrected chi connectivity index (χ2v) is 7.85. The number of aryl methyl sites for hydroxylation is 1. The first-order chi connectivity index (χ1) is 11.3. The molecule has 1 aromatic carbocycles. The molecule has 5 heteroatoms. The first-order valence-electron chi connectivity index (χ1n) is 8.22. The van der Waals surface area contributed by atoms with Crippen LogP contribution < -0.4 is 5.32 Å². The van der Waals surface area contributed by atoms with Gasteiger partial charge in [-0.2, -0.15) is 0 Å². The van der Waals surface area contributed by atoms with Gasteiger partial charge in [0.05, 0.1) is 5.69 Å². The smallest absolute Gasteiger partial charge is 0.263 e. The van der Waals surface area contributed by atoms with Gasteiger partial charge in [-0.3, -0.25) is 4.79 Å². The molecule has 4 nitrogen and oxygen atoms in total. The molecule has 2 atom stereocenters. The number of benzene rings is 1. The van der Waals surface area contributed by atoms with E-state index in [-0.39, 0.29) is 29.9 Å². The number of aliphatic hydroxyl groups excluding tert-OH is 1. The fourth-order valence-electron chi connectivity index (χ4n) is 2.43. The molecule has 2 N–H and O–H groups in total. The number of aromatic nitrogens is 1. The molecule has 2 unspecified atom stereocenters. The summed E-state index contributed by atoms with van der Waals surface area (Å²) in [6, 6.07) is 10.1. The third-order valence-corrected chi connectivity index (χ3v) is 6.01. The standard InChI is InChI=1S/C19H26N2O2S/c1-12(11-22)13(2)20-17(23)16-14(3)21-18(24-16)19(4,5)15-9-7-6-8-10-15/h6-10,12-13,22H,11H2,1-5H3,(H,20,23). The first kappa shape index (κ1) is 18.6. The molecule has 0 saturated heterocycles. The summed E-state index contributed by atoms with van der Waals surface area (Å²) in [7, 11) is 0. The fraction of sp³-hybridized carbons (Fsp3) is 0.474. The highest BCUT2D eigenvalue weighted by molar-refractivity contribution is 7.14. The number of carbonyl (C=O) groups excluding carboxylic acids is 1. The molecule has 0 aliphatic carbocycles. The van der Waals surface area contributed by atoms with E-state index in [0.29, 0.717) is 4.88 Å². The quantitative estimate of drug-likeness (QED) is 0.841. The van der Waals surface area contributed by atoms with Crippen molar-refractivity contribution in [3.05, 3.63) is 51.5 Å². The normalized spacial score (nSPS) is 14.2. The van der Waals surface area contributed by atoms with Crippen LogP contribution in [0.25, 0.3) is 0 Å². The first-order valence-corrected chi connectivity index (χ1v) is 9.04. The van der Waals surface area contributed by atoms with Gasteiger partial charge in [0.15, 0.2) is 0 Å². The van der Waals surface area contributed by atoms with Crippen molar-refractivity contribution in [1.82, 2.24) is 10.3 Å². The number of nitrogens with one attached hydrogen (secondary N) is 1. The van der Waals surface area contributed by atoms with Gasteiger partial charge in [-0.05, 0) is 39.2 Å². The molecule has 2 rings (SSSR count). The van der Waals surface area contributed by atoms with E-state index in [4.69, 9.17) is 0 Å². The van der Waals surface area contributed by atoms with E-state index in [0.717, 1.165) is 10.7 Å². The maximum Gasteiger partial charge on any atom is 0.263 e. The molecule has 0 aliphatic heterocycles. The Balaban J connectivity index is 2.25. The van der Waals surface area contributed by atoms with Crippen molar-refractivity contribution in [2.24, 2.45) is 5.92 Å². The summed E-state index contributed by atoms with van der Waals surface area (Å²) in [6.07, 6.45) is 0. The lowest BCUT2D eigenvalue weighted by atomic mass is 9.85. The number of hydrogen-bond donors (Lipinski definition) is 2. The average Bonchev–Trinajstić information content (AvgIpc) is 2.97. The minimum atomic E-state index is -0.251. The van der Waals surface area contributed by atoms with Crippen LogP contribution >= 0.6 is 11.3 Å². The minimum absolute atomic E-state index is 0.0161. The molecular weight excluding hydrogens is 320 g/mol. The Morgan fingerprint density at radius 1 is 1.29 bits per heavy atom. The van der Waals surface area contributed by atoms with Crippen molar-refractivity contribution in [1.29, 1.82) is 0 Å². The van der Waals surface area contributed by atoms with Crippen LogP contribution in [0.2, 0.25) is 0 Å². The second kappa shape index (κ2) is 7.45. The molecule has 24 heavy (non-hydrogen) atoms. The number of rotatable bonds is 6. The fourth-order valence-corrected chi connectivity index (χ4v) is 3.52. The number of hydrogen-bond acceptors (Lipinski definition) is 4. The van der Waals surface area contributed by atoms with E-state index >= 15 is 0 Å². The van der Waals surface area contributed by atoms with Crippen LogP contribution in [0.5, 0.6) is 0 Å². The summed E-state index contributed by atoms with van der Waals surface area (Å²) < 4.78 is 0. The van der Waals surface area contributed by atoms with E-state index < -0.39 is 0 Å². The summed E-state index contributed by atoms with van der Waals surface area (Å²) in [5.41, 5.74) is 1.67. The third-order valence-electron chi connectivity index (χ3n) is 4.53. The zero-order chi connectivity index (χ0) is 17.9. The van der Waals surface area contributed by atoms with Gasteiger partial charge in [-0.25, -0.2) is 4.98 Å². The second-order valence-electron chi connectivity index (χ2n) is 6.85. The molecule has 2 aromatic rings. The largest absolute Gasteiger partial charge is 0.396 e. The lowest BCUT2D eigenvalue weighted by Crippen LogP contribution is -2.38. The summed E-state index contributed by atoms with van der Waals surface area (Å²) in [6.45, 7) is 9.99. The number of nitrogens with zero attached hydrogens (tertiary/aromatic N) is 1. The van der Waals surface area contributed by atoms with Crippen LogP contribution in [0.15, 0.2) is 30.3 Å². The molecule has 0 radical (unpaired) electrons. The lowest BCUT2D eigenvalue weighted by Gasteiger charge is -2.22. The van der Waals surface area contributed by atoms with E-state index in [1.807, 2.05) is 39.0 Å². The van der Waals surface area contributed by atoms with Gasteiger partial charge < -0.3 is 10.4 Å². The Kier molecular flexibility index (Phi) is 5.78. The maximum atomic E-state index is 12.6. The van der Waals surface area contributed by atoms with Crippen molar-refractivity contribution in [3.8, 4) is 0 Å². The Morgan fingerprint density at radius 2 is 1.92 bits per heavy atom. The number of amides is 1. The maximum absolute atomic E-state index is 12.6. The molecule has 0 aliphatic rings. The molecule has 0 bridgehead atoms. The molecular formula is C19H26N2O2S. The Morgan fingerprint density at radius 3 is 2.50 bits per heavy atom. The van der Waals surface area contributed by atoms with E-state index in [2.05, 4.69) is 36.3 Å². The van der Waals surface area contributed by atoms with Crippen molar-refractivity contribution < 1.29 is 9.90 Å². The van der Waals surface area contributed by atoms with Crippen LogP contribution in [0.4, 0.5) is 0 Å². The highest BCUT2D eigenvalue weighted by Crippen LogP contribution is 2.35. The lowest BCUT2D eigenvalue weighted by molar-refractivity contribution is 0.0919. The van der Waals surface area contributed by atoms with Crippen molar-refractivity contribution in [3.63, 3.8) is 0 Å². The van der Waals surface area contributed by atoms with E-state index in [1.165, 1.54) is 16.9 Å². The molecule has 130 valence electrons. The Labute approximate surface area is 148 Å². The van der Waals surface area contributed by atoms with Crippen LogP contribution in [-0.4, -0.2) is 28.6 Å². The van der Waals surface area contributed by atoms with Gasteiger partial charge in [0.25, 0.3) is 5.91 Å². The highest BCUT2D eigenvalue weighted by atomic mass is 32.1. The molecule has 1 aromatic heterocycles. The van der Waals surface area contributed by atoms with Gasteiger partial charge in [0, 0.05) is 18.1 Å². The molecule has 1 amide bonds. The number of carbonyl (C=O) groups is 1. The summed E-state index contributed by atoms with van der Waals surface area (Å²) in [5, 5.41) is 13.1. The van der Waals surface area contributed by atoms with E-state index in [9.17, 15) is 9.90 Å². The average molecular weight is 346 g/mol. The number of thiazole rings is 1. The van der Waals surface area contributed by atoms with Gasteiger partial charge >= 0.3 is 0 Å². The van der Waals surface area contributed by atoms with Gasteiger partial charge in [-0.1, -0.05) is 37.3 Å². The van der Waals surface area contributed by atoms with Crippen molar-refractivity contribution in [2.75, 3.05) is 6.61 Å². The zero-order valence-electron chi connectivity index (χ0n) is 15.0. The van der Waals surface area contributed by atoms with Gasteiger partial charge in [-0.15, -0.1) is 11.3 Å². The summed E-state index contributed by atoms with van der Waals surface area (Å²) in [4.78, 5) is 17.9. The minimum Gasteiger partial charge on any atom is -0.396 e. The highest BCUT2D eigenvalue weighted by Gasteiger charge is 2.29. The monoisotopic (exact) mass is 346 g/mol. The van der Waals surface area contributed by atoms with Gasteiger partial charge in [0.2, 0.25) is 0 Å². The van der Waals surface area contributed by atoms with Crippen LogP contribution in [0.1, 0.15) is 53.6 Å². The predicted molar refractivity (Wildman–Crippen MR) is 98.6 cm³/mol. The Bertz CT molecular complexity index is 695. The van der Waals surface area contributed by atoms with Gasteiger partial charge in [0.1, 0.15) is 9.88 Å². The Hall–Kier alpha value is -1.72. The topological polar surface area (TPSA) is 62.2 Å². The molecule has 0 fully saturated rings. The number of aliphatic hydroxyl groups is 1. The van der Waals surface area contributed by atoms with Crippen LogP contribution in [-0.2, 0) is 5.41 Å². The molecule has 0 saturated carbocycles.